The molecule has 0 aliphatic rings. The molecule has 0 unspecified atom stereocenters. The zero-order chi connectivity index (χ0) is 15.0. The Labute approximate surface area is 119 Å². The number of hydrogen-bond donors (Lipinski definition) is 0. The molecule has 0 radical (unpaired) electrons. The third-order valence-corrected chi connectivity index (χ3v) is 3.27. The van der Waals surface area contributed by atoms with Gasteiger partial charge in [0, 0.05) is 0 Å². The quantitative estimate of drug-likeness (QED) is 0.468. The van der Waals surface area contributed by atoms with Crippen LogP contribution in [0.25, 0.3) is 0 Å². The molecule has 1 aromatic carbocycles. The number of ether oxygens (including phenoxy) is 1. The largest absolute Gasteiger partial charge is 0.513 e. The molecule has 0 amide bonds. The highest BCUT2D eigenvalue weighted by atomic mass is 19.4. The van der Waals surface area contributed by atoms with Crippen LogP contribution in [0.15, 0.2) is 18.2 Å². The molecule has 5 heteroatoms. The first-order valence-electron chi connectivity index (χ1n) is 7.38. The van der Waals surface area contributed by atoms with Crippen LogP contribution >= 0.6 is 0 Å². The van der Waals surface area contributed by atoms with Crippen LogP contribution in [0.4, 0.5) is 12.9 Å². The van der Waals surface area contributed by atoms with Gasteiger partial charge in [-0.3, -0.25) is 0 Å². The normalized spacial score (nSPS) is 11.7. The van der Waals surface area contributed by atoms with Gasteiger partial charge in [0.05, 0.1) is 12.4 Å². The summed E-state index contributed by atoms with van der Waals surface area (Å²) in [6, 6.07) is 4.25. The average molecular weight is 287 g/mol. The Bertz CT molecular complexity index is 405. The number of rotatable bonds is 9. The summed E-state index contributed by atoms with van der Waals surface area (Å²) in [5.41, 5.74) is -0.0119. The Morgan fingerprint density at radius 1 is 1.00 bits per heavy atom. The number of aryl methyl sites for hydroxylation is 1. The predicted molar refractivity (Wildman–Crippen MR) is 78.8 cm³/mol. The molecular weight excluding hydrogens is 264 g/mol. The summed E-state index contributed by atoms with van der Waals surface area (Å²) < 4.78 is 44.1. The van der Waals surface area contributed by atoms with Crippen LogP contribution in [-0.2, 0) is 0 Å². The summed E-state index contributed by atoms with van der Waals surface area (Å²) in [4.78, 5) is 0. The van der Waals surface area contributed by atoms with E-state index in [1.165, 1.54) is 25.3 Å². The monoisotopic (exact) mass is 287 g/mol. The fraction of sp³-hybridized carbons (Fsp3) is 0.600. The summed E-state index contributed by atoms with van der Waals surface area (Å²) in [5.74, 6) is -0.0309. The van der Waals surface area contributed by atoms with Crippen molar-refractivity contribution in [2.75, 3.05) is 6.61 Å². The van der Waals surface area contributed by atoms with Crippen molar-refractivity contribution >= 4 is 12.4 Å². The first-order chi connectivity index (χ1) is 9.45. The second-order valence-electron chi connectivity index (χ2n) is 5.23. The maximum atomic E-state index is 12.9. The van der Waals surface area contributed by atoms with E-state index in [4.69, 9.17) is 4.74 Å². The standard InChI is InChI=1S/C15H23BF3O/c1-3-4-5-6-7-8-11-20-15-10-9-13(2)12-14(15)16(17,18)19/h9-10,12H,3-8,11H2,1-2H3/q-1. The van der Waals surface area contributed by atoms with Crippen LogP contribution in [0.3, 0.4) is 0 Å². The van der Waals surface area contributed by atoms with Gasteiger partial charge in [-0.25, -0.2) is 0 Å². The van der Waals surface area contributed by atoms with Gasteiger partial charge in [-0.2, -0.15) is 0 Å². The summed E-state index contributed by atoms with van der Waals surface area (Å²) in [6.07, 6.45) is 6.55. The lowest BCUT2D eigenvalue weighted by Gasteiger charge is -2.20. The molecule has 1 rings (SSSR count). The van der Waals surface area contributed by atoms with Gasteiger partial charge in [0.1, 0.15) is 0 Å². The van der Waals surface area contributed by atoms with Gasteiger partial charge in [0.15, 0.2) is 0 Å². The third kappa shape index (κ3) is 5.89. The summed E-state index contributed by atoms with van der Waals surface area (Å²) in [7, 11) is 0. The Morgan fingerprint density at radius 3 is 2.30 bits per heavy atom. The lowest BCUT2D eigenvalue weighted by Crippen LogP contribution is -2.35. The van der Waals surface area contributed by atoms with Gasteiger partial charge in [-0.05, 0) is 19.4 Å². The smallest absolute Gasteiger partial charge is 0.497 e. The summed E-state index contributed by atoms with van der Waals surface area (Å²) in [6.45, 7) is -0.852. The molecule has 0 bridgehead atoms. The van der Waals surface area contributed by atoms with Crippen molar-refractivity contribution in [3.63, 3.8) is 0 Å². The molecule has 0 saturated heterocycles. The highest BCUT2D eigenvalue weighted by Crippen LogP contribution is 2.19. The lowest BCUT2D eigenvalue weighted by molar-refractivity contribution is 0.305. The van der Waals surface area contributed by atoms with Gasteiger partial charge in [0.25, 0.3) is 0 Å². The Morgan fingerprint density at radius 2 is 1.65 bits per heavy atom. The Balaban J connectivity index is 2.44. The number of unbranched alkanes of at least 4 members (excludes halogenated alkanes) is 5. The number of benzene rings is 1. The van der Waals surface area contributed by atoms with Crippen LogP contribution < -0.4 is 10.2 Å². The SMILES string of the molecule is CCCCCCCCOc1ccc(C)cc1[B-](F)(F)F. The zero-order valence-electron chi connectivity index (χ0n) is 12.3. The van der Waals surface area contributed by atoms with Crippen LogP contribution in [0.2, 0.25) is 0 Å². The van der Waals surface area contributed by atoms with E-state index >= 15 is 0 Å². The molecule has 0 heterocycles. The van der Waals surface area contributed by atoms with Crippen molar-refractivity contribution in [1.29, 1.82) is 0 Å². The van der Waals surface area contributed by atoms with Crippen molar-refractivity contribution in [3.05, 3.63) is 23.8 Å². The molecule has 0 spiro atoms. The van der Waals surface area contributed by atoms with Gasteiger partial charge in [0.2, 0.25) is 0 Å². The van der Waals surface area contributed by atoms with Crippen molar-refractivity contribution in [1.82, 2.24) is 0 Å². The molecule has 20 heavy (non-hydrogen) atoms. The highest BCUT2D eigenvalue weighted by Gasteiger charge is 2.29. The van der Waals surface area contributed by atoms with E-state index in [9.17, 15) is 12.9 Å². The average Bonchev–Trinajstić information content (AvgIpc) is 2.38. The van der Waals surface area contributed by atoms with Crippen LogP contribution in [0, 0.1) is 6.92 Å². The van der Waals surface area contributed by atoms with Gasteiger partial charge in [-0.1, -0.05) is 62.2 Å². The molecule has 0 fully saturated rings. The molecule has 1 nitrogen and oxygen atoms in total. The van der Waals surface area contributed by atoms with Crippen molar-refractivity contribution in [3.8, 4) is 5.75 Å². The highest BCUT2D eigenvalue weighted by molar-refractivity contribution is 6.74. The van der Waals surface area contributed by atoms with Gasteiger partial charge >= 0.3 is 6.98 Å². The van der Waals surface area contributed by atoms with Gasteiger partial charge in [-0.15, -0.1) is 0 Å². The molecule has 0 N–H and O–H groups in total. The molecule has 114 valence electrons. The lowest BCUT2D eigenvalue weighted by atomic mass is 9.78. The van der Waals surface area contributed by atoms with Gasteiger partial charge < -0.3 is 17.7 Å². The Kier molecular flexibility index (Phi) is 6.96. The maximum Gasteiger partial charge on any atom is 0.513 e. The van der Waals surface area contributed by atoms with Crippen LogP contribution in [0.1, 0.15) is 51.0 Å². The molecular formula is C15H23BF3O-. The minimum absolute atomic E-state index is 0.0309. The third-order valence-electron chi connectivity index (χ3n) is 3.27. The second kappa shape index (κ2) is 8.23. The fourth-order valence-electron chi connectivity index (χ4n) is 2.12. The van der Waals surface area contributed by atoms with Crippen molar-refractivity contribution in [2.45, 2.75) is 52.4 Å². The van der Waals surface area contributed by atoms with E-state index in [0.29, 0.717) is 12.2 Å². The van der Waals surface area contributed by atoms with E-state index in [2.05, 4.69) is 6.92 Å². The molecule has 1 aromatic rings. The van der Waals surface area contributed by atoms with E-state index < -0.39 is 12.4 Å². The number of hydrogen-bond acceptors (Lipinski definition) is 1. The fourth-order valence-corrected chi connectivity index (χ4v) is 2.12. The summed E-state index contributed by atoms with van der Waals surface area (Å²) in [5, 5.41) is 0. The first-order valence-corrected chi connectivity index (χ1v) is 7.38. The maximum absolute atomic E-state index is 12.9. The first kappa shape index (κ1) is 16.9. The number of halogens is 3. The van der Waals surface area contributed by atoms with Crippen molar-refractivity contribution in [2.24, 2.45) is 0 Å². The van der Waals surface area contributed by atoms with Crippen LogP contribution in [0.5, 0.6) is 5.75 Å². The van der Waals surface area contributed by atoms with Crippen LogP contribution in [-0.4, -0.2) is 13.6 Å². The minimum Gasteiger partial charge on any atom is -0.497 e. The molecule has 0 aliphatic heterocycles. The second-order valence-corrected chi connectivity index (χ2v) is 5.23. The zero-order valence-corrected chi connectivity index (χ0v) is 12.3. The molecule has 0 aliphatic carbocycles. The van der Waals surface area contributed by atoms with Crippen molar-refractivity contribution < 1.29 is 17.7 Å². The molecule has 0 aromatic heterocycles. The Hall–Kier alpha value is -1.13. The van der Waals surface area contributed by atoms with E-state index in [1.54, 1.807) is 13.0 Å². The van der Waals surface area contributed by atoms with E-state index in [1.807, 2.05) is 0 Å². The van der Waals surface area contributed by atoms with E-state index in [-0.39, 0.29) is 5.75 Å². The van der Waals surface area contributed by atoms with E-state index in [0.717, 1.165) is 25.3 Å². The minimum atomic E-state index is -5.02. The summed E-state index contributed by atoms with van der Waals surface area (Å²) >= 11 is 0. The molecule has 0 saturated carbocycles. The predicted octanol–water partition coefficient (Wildman–Crippen LogP) is 4.79. The molecule has 0 atom stereocenters. The topological polar surface area (TPSA) is 9.23 Å².